The molecule has 0 heterocycles. The van der Waals surface area contributed by atoms with Gasteiger partial charge in [-0.2, -0.15) is 0 Å². The summed E-state index contributed by atoms with van der Waals surface area (Å²) in [6.45, 7) is 9.96. The molecule has 28 heavy (non-hydrogen) atoms. The van der Waals surface area contributed by atoms with Crippen molar-refractivity contribution in [3.63, 3.8) is 0 Å². The van der Waals surface area contributed by atoms with Gasteiger partial charge in [-0.05, 0) is 97.7 Å². The number of rotatable bonds is 5. The summed E-state index contributed by atoms with van der Waals surface area (Å²) < 4.78 is 0. The fourth-order valence-corrected chi connectivity index (χ4v) is 9.29. The second-order valence-electron chi connectivity index (χ2n) is 11.1. The lowest BCUT2D eigenvalue weighted by Gasteiger charge is -2.59. The van der Waals surface area contributed by atoms with Crippen molar-refractivity contribution in [3.05, 3.63) is 11.6 Å². The topological polar surface area (TPSA) is 37.3 Å². The Morgan fingerprint density at radius 3 is 2.57 bits per heavy atom. The van der Waals surface area contributed by atoms with Crippen molar-refractivity contribution in [2.75, 3.05) is 0 Å². The maximum Gasteiger partial charge on any atom is 0.303 e. The third-order valence-electron chi connectivity index (χ3n) is 10.3. The van der Waals surface area contributed by atoms with Crippen molar-refractivity contribution in [2.24, 2.45) is 46.3 Å². The van der Waals surface area contributed by atoms with Crippen molar-refractivity contribution in [1.29, 1.82) is 0 Å². The number of hydrogen-bond donors (Lipinski definition) is 1. The van der Waals surface area contributed by atoms with Crippen LogP contribution in [0.15, 0.2) is 11.6 Å². The van der Waals surface area contributed by atoms with Crippen LogP contribution in [0.2, 0.25) is 0 Å². The van der Waals surface area contributed by atoms with Gasteiger partial charge in [0.25, 0.3) is 0 Å². The van der Waals surface area contributed by atoms with E-state index in [0.717, 1.165) is 36.0 Å². The van der Waals surface area contributed by atoms with Crippen LogP contribution in [0.3, 0.4) is 0 Å². The van der Waals surface area contributed by atoms with Crippen molar-refractivity contribution in [2.45, 2.75) is 98.3 Å². The summed E-state index contributed by atoms with van der Waals surface area (Å²) in [6, 6.07) is 0. The van der Waals surface area contributed by atoms with Gasteiger partial charge < -0.3 is 5.11 Å². The first kappa shape index (κ1) is 20.5. The number of hydrogen-bond acceptors (Lipinski definition) is 1. The molecule has 0 aromatic rings. The van der Waals surface area contributed by atoms with E-state index in [9.17, 15) is 9.90 Å². The molecule has 3 fully saturated rings. The van der Waals surface area contributed by atoms with Crippen molar-refractivity contribution in [3.8, 4) is 0 Å². The van der Waals surface area contributed by atoms with Crippen LogP contribution < -0.4 is 0 Å². The average molecular weight is 387 g/mol. The third-order valence-corrected chi connectivity index (χ3v) is 10.3. The standard InChI is InChI=1S/C26H42O2/c1-5-18-19(6-2)24-20-11-10-17-9-7-8-15-25(17,3)22(20)14-16-26(24,4)21(18)12-13-23(27)28/h9,18-22,24H,5-8,10-16H2,1-4H3,(H,27,28)/t18?,19?,20-,21+,22+,24+,25+,26-/m1/s1. The van der Waals surface area contributed by atoms with E-state index in [1.165, 1.54) is 57.8 Å². The van der Waals surface area contributed by atoms with Gasteiger partial charge in [0.2, 0.25) is 0 Å². The smallest absolute Gasteiger partial charge is 0.303 e. The minimum absolute atomic E-state index is 0.360. The first-order valence-electron chi connectivity index (χ1n) is 12.3. The molecular formula is C26H42O2. The zero-order valence-electron chi connectivity index (χ0n) is 18.7. The Hall–Kier alpha value is -0.790. The highest BCUT2D eigenvalue weighted by molar-refractivity contribution is 5.66. The molecule has 0 bridgehead atoms. The predicted molar refractivity (Wildman–Crippen MR) is 115 cm³/mol. The van der Waals surface area contributed by atoms with Crippen LogP contribution in [0.5, 0.6) is 0 Å². The Labute approximate surface area is 172 Å². The molecular weight excluding hydrogens is 344 g/mol. The van der Waals surface area contributed by atoms with Crippen LogP contribution in [0, 0.1) is 46.3 Å². The number of carboxylic acid groups (broad SMARTS) is 1. The lowest BCUT2D eigenvalue weighted by atomic mass is 9.46. The molecule has 4 rings (SSSR count). The molecule has 4 aliphatic carbocycles. The van der Waals surface area contributed by atoms with Crippen LogP contribution in [0.25, 0.3) is 0 Å². The van der Waals surface area contributed by atoms with Gasteiger partial charge in [0, 0.05) is 6.42 Å². The second kappa shape index (κ2) is 7.47. The first-order valence-corrected chi connectivity index (χ1v) is 12.3. The molecule has 2 heteroatoms. The lowest BCUT2D eigenvalue weighted by Crippen LogP contribution is -2.51. The highest BCUT2D eigenvalue weighted by atomic mass is 16.4. The lowest BCUT2D eigenvalue weighted by molar-refractivity contribution is -0.137. The zero-order valence-corrected chi connectivity index (χ0v) is 18.7. The van der Waals surface area contributed by atoms with E-state index < -0.39 is 5.97 Å². The minimum Gasteiger partial charge on any atom is -0.481 e. The predicted octanol–water partition coefficient (Wildman–Crippen LogP) is 7.09. The van der Waals surface area contributed by atoms with Crippen molar-refractivity contribution < 1.29 is 9.90 Å². The summed E-state index contributed by atoms with van der Waals surface area (Å²) in [6.07, 6.45) is 15.9. The molecule has 0 aromatic carbocycles. The van der Waals surface area contributed by atoms with E-state index in [2.05, 4.69) is 33.8 Å². The summed E-state index contributed by atoms with van der Waals surface area (Å²) in [7, 11) is 0. The molecule has 0 aromatic heterocycles. The summed E-state index contributed by atoms with van der Waals surface area (Å²) in [5, 5.41) is 9.38. The summed E-state index contributed by atoms with van der Waals surface area (Å²) in [4.78, 5) is 11.4. The molecule has 1 N–H and O–H groups in total. The maximum absolute atomic E-state index is 11.4. The number of fused-ring (bicyclic) bond motifs is 5. The largest absolute Gasteiger partial charge is 0.481 e. The Morgan fingerprint density at radius 1 is 1.14 bits per heavy atom. The maximum atomic E-state index is 11.4. The SMILES string of the molecule is CCC1C(CC)[C@H]2[C@@H]3CCC4=CCCC[C@]4(C)[C@H]3CC[C@]2(C)[C@H]1CCC(=O)O. The van der Waals surface area contributed by atoms with Gasteiger partial charge in [-0.1, -0.05) is 52.2 Å². The Bertz CT molecular complexity index is 636. The van der Waals surface area contributed by atoms with Gasteiger partial charge in [-0.15, -0.1) is 0 Å². The van der Waals surface area contributed by atoms with E-state index in [4.69, 9.17) is 0 Å². The van der Waals surface area contributed by atoms with E-state index in [1.807, 2.05) is 0 Å². The van der Waals surface area contributed by atoms with Crippen molar-refractivity contribution in [1.82, 2.24) is 0 Å². The Morgan fingerprint density at radius 2 is 1.89 bits per heavy atom. The summed E-state index contributed by atoms with van der Waals surface area (Å²) in [5.74, 6) is 4.10. The van der Waals surface area contributed by atoms with Gasteiger partial charge >= 0.3 is 5.97 Å². The fourth-order valence-electron chi connectivity index (χ4n) is 9.29. The summed E-state index contributed by atoms with van der Waals surface area (Å²) >= 11 is 0. The number of carbonyl (C=O) groups is 1. The molecule has 2 unspecified atom stereocenters. The van der Waals surface area contributed by atoms with Gasteiger partial charge in [-0.25, -0.2) is 0 Å². The quantitative estimate of drug-likeness (QED) is 0.512. The minimum atomic E-state index is -0.606. The number of allylic oxidation sites excluding steroid dienone is 2. The molecule has 0 radical (unpaired) electrons. The zero-order chi connectivity index (χ0) is 20.1. The molecule has 2 nitrogen and oxygen atoms in total. The molecule has 3 saturated carbocycles. The normalized spacial score (nSPS) is 47.6. The number of aliphatic carboxylic acids is 1. The summed E-state index contributed by atoms with van der Waals surface area (Å²) in [5.41, 5.74) is 2.62. The van der Waals surface area contributed by atoms with E-state index in [0.29, 0.717) is 23.2 Å². The van der Waals surface area contributed by atoms with Crippen molar-refractivity contribution >= 4 is 5.97 Å². The second-order valence-corrected chi connectivity index (χ2v) is 11.1. The van der Waals surface area contributed by atoms with Crippen LogP contribution in [0.1, 0.15) is 98.3 Å². The highest BCUT2D eigenvalue weighted by Crippen LogP contribution is 2.70. The van der Waals surface area contributed by atoms with Gasteiger partial charge in [0.1, 0.15) is 0 Å². The molecule has 8 atom stereocenters. The van der Waals surface area contributed by atoms with E-state index in [1.54, 1.807) is 5.57 Å². The molecule has 0 spiro atoms. The van der Waals surface area contributed by atoms with Crippen LogP contribution in [-0.2, 0) is 4.79 Å². The van der Waals surface area contributed by atoms with E-state index >= 15 is 0 Å². The molecule has 4 aliphatic rings. The van der Waals surface area contributed by atoms with Crippen LogP contribution >= 0.6 is 0 Å². The molecule has 0 amide bonds. The highest BCUT2D eigenvalue weighted by Gasteiger charge is 2.63. The van der Waals surface area contributed by atoms with Gasteiger partial charge in [0.05, 0.1) is 0 Å². The van der Waals surface area contributed by atoms with E-state index in [-0.39, 0.29) is 0 Å². The average Bonchev–Trinajstić information content (AvgIpc) is 2.92. The monoisotopic (exact) mass is 386 g/mol. The van der Waals surface area contributed by atoms with Gasteiger partial charge in [0.15, 0.2) is 0 Å². The van der Waals surface area contributed by atoms with Crippen LogP contribution in [-0.4, -0.2) is 11.1 Å². The first-order chi connectivity index (χ1) is 13.4. The third kappa shape index (κ3) is 2.91. The molecule has 158 valence electrons. The molecule has 0 saturated heterocycles. The number of carboxylic acids is 1. The Kier molecular flexibility index (Phi) is 5.47. The fraction of sp³-hybridized carbons (Fsp3) is 0.885. The van der Waals surface area contributed by atoms with Gasteiger partial charge in [-0.3, -0.25) is 4.79 Å². The Balaban J connectivity index is 1.69. The molecule has 0 aliphatic heterocycles. The van der Waals surface area contributed by atoms with Crippen LogP contribution in [0.4, 0.5) is 0 Å².